The Bertz CT molecular complexity index is 872. The summed E-state index contributed by atoms with van der Waals surface area (Å²) in [7, 11) is 1.57. The maximum Gasteiger partial charge on any atom is 0.238 e. The highest BCUT2D eigenvalue weighted by molar-refractivity contribution is 6.30. The van der Waals surface area contributed by atoms with E-state index in [9.17, 15) is 9.90 Å². The van der Waals surface area contributed by atoms with Crippen molar-refractivity contribution in [1.29, 1.82) is 0 Å². The van der Waals surface area contributed by atoms with Gasteiger partial charge in [0.05, 0.1) is 19.3 Å². The molecule has 0 spiro atoms. The van der Waals surface area contributed by atoms with Crippen molar-refractivity contribution in [2.24, 2.45) is 0 Å². The number of nitrogens with one attached hydrogen (secondary N) is 1. The van der Waals surface area contributed by atoms with Gasteiger partial charge in [-0.15, -0.1) is 0 Å². The monoisotopic (exact) mass is 418 g/mol. The van der Waals surface area contributed by atoms with Crippen molar-refractivity contribution < 1.29 is 19.4 Å². The number of carbonyl (C=O) groups is 1. The average Bonchev–Trinajstić information content (AvgIpc) is 2.65. The smallest absolute Gasteiger partial charge is 0.238 e. The van der Waals surface area contributed by atoms with Crippen molar-refractivity contribution in [1.82, 2.24) is 4.90 Å². The predicted molar refractivity (Wildman–Crippen MR) is 114 cm³/mol. The second kappa shape index (κ2) is 9.03. The number of ether oxygens (including phenoxy) is 2. The van der Waals surface area contributed by atoms with Crippen molar-refractivity contribution in [3.8, 4) is 11.5 Å². The molecule has 1 saturated heterocycles. The van der Waals surface area contributed by atoms with Crippen molar-refractivity contribution in [3.63, 3.8) is 0 Å². The van der Waals surface area contributed by atoms with Crippen LogP contribution in [0.4, 0.5) is 5.69 Å². The van der Waals surface area contributed by atoms with E-state index < -0.39 is 11.7 Å². The number of nitrogens with zero attached hydrogens (tertiary/aromatic N) is 1. The molecule has 2 aromatic carbocycles. The molecule has 0 aromatic heterocycles. The summed E-state index contributed by atoms with van der Waals surface area (Å²) in [5, 5.41) is 14.2. The fourth-order valence-electron chi connectivity index (χ4n) is 3.39. The van der Waals surface area contributed by atoms with Crippen LogP contribution in [0.1, 0.15) is 18.9 Å². The predicted octanol–water partition coefficient (Wildman–Crippen LogP) is 3.50. The van der Waals surface area contributed by atoms with Crippen LogP contribution < -0.4 is 14.8 Å². The Hall–Kier alpha value is -2.28. The third kappa shape index (κ3) is 5.63. The summed E-state index contributed by atoms with van der Waals surface area (Å²) in [6.45, 7) is 4.94. The molecule has 3 rings (SSSR count). The fraction of sp³-hybridized carbons (Fsp3) is 0.409. The van der Waals surface area contributed by atoms with Gasteiger partial charge in [-0.25, -0.2) is 0 Å². The van der Waals surface area contributed by atoms with Crippen LogP contribution in [0, 0.1) is 6.92 Å². The second-order valence-electron chi connectivity index (χ2n) is 7.66. The number of benzene rings is 2. The van der Waals surface area contributed by atoms with Gasteiger partial charge in [0.25, 0.3) is 0 Å². The number of anilines is 1. The molecule has 1 aliphatic rings. The van der Waals surface area contributed by atoms with Gasteiger partial charge >= 0.3 is 0 Å². The van der Waals surface area contributed by atoms with Crippen molar-refractivity contribution >= 4 is 23.2 Å². The maximum absolute atomic E-state index is 12.6. The third-order valence-corrected chi connectivity index (χ3v) is 5.36. The molecule has 1 amide bonds. The van der Waals surface area contributed by atoms with E-state index in [1.807, 2.05) is 30.0 Å². The zero-order chi connectivity index (χ0) is 21.0. The Morgan fingerprint density at radius 1 is 1.34 bits per heavy atom. The highest BCUT2D eigenvalue weighted by Gasteiger charge is 2.39. The number of likely N-dealkylation sites (tertiary alicyclic amines) is 1. The molecule has 0 saturated carbocycles. The van der Waals surface area contributed by atoms with Gasteiger partial charge in [-0.1, -0.05) is 23.7 Å². The normalized spacial score (nSPS) is 22.2. The van der Waals surface area contributed by atoms with Crippen molar-refractivity contribution in [3.05, 3.63) is 53.1 Å². The quantitative estimate of drug-likeness (QED) is 0.751. The lowest BCUT2D eigenvalue weighted by atomic mass is 9.90. The molecule has 7 heteroatoms. The number of amides is 1. The number of piperidine rings is 1. The van der Waals surface area contributed by atoms with Crippen LogP contribution in [0.15, 0.2) is 42.5 Å². The minimum Gasteiger partial charge on any atom is -0.495 e. The second-order valence-corrected chi connectivity index (χ2v) is 8.09. The molecule has 0 radical (unpaired) electrons. The lowest BCUT2D eigenvalue weighted by molar-refractivity contribution is -0.122. The number of rotatable bonds is 6. The molecule has 2 N–H and O–H groups in total. The average molecular weight is 419 g/mol. The topological polar surface area (TPSA) is 71.0 Å². The molecule has 29 heavy (non-hydrogen) atoms. The molecule has 156 valence electrons. The van der Waals surface area contributed by atoms with E-state index in [-0.39, 0.29) is 12.5 Å². The van der Waals surface area contributed by atoms with Gasteiger partial charge in [0.2, 0.25) is 5.91 Å². The Labute approximate surface area is 176 Å². The van der Waals surface area contributed by atoms with Crippen molar-refractivity contribution in [2.75, 3.05) is 32.1 Å². The Balaban J connectivity index is 1.64. The number of carbonyl (C=O) groups excluding carboxylic acids is 1. The Kier molecular flexibility index (Phi) is 6.67. The molecule has 6 nitrogen and oxygen atoms in total. The SMILES string of the molecule is COc1ccc(C)cc1NC(=O)CN1CC[C@](C)(O)[C@@H](Oc2cccc(Cl)c2)C1. The van der Waals surface area contributed by atoms with Crippen LogP contribution in [0.3, 0.4) is 0 Å². The van der Waals surface area contributed by atoms with E-state index in [1.165, 1.54) is 0 Å². The summed E-state index contributed by atoms with van der Waals surface area (Å²) >= 11 is 6.03. The zero-order valence-corrected chi connectivity index (χ0v) is 17.7. The van der Waals surface area contributed by atoms with Crippen LogP contribution in [0.5, 0.6) is 11.5 Å². The molecule has 2 atom stereocenters. The van der Waals surface area contributed by atoms with Gasteiger partial charge < -0.3 is 19.9 Å². The largest absolute Gasteiger partial charge is 0.495 e. The van der Waals surface area contributed by atoms with Crippen LogP contribution in [-0.2, 0) is 4.79 Å². The minimum absolute atomic E-state index is 0.142. The fourth-order valence-corrected chi connectivity index (χ4v) is 3.57. The lowest BCUT2D eigenvalue weighted by Crippen LogP contribution is -2.57. The number of aryl methyl sites for hydroxylation is 1. The van der Waals surface area contributed by atoms with Gasteiger partial charge in [-0.2, -0.15) is 0 Å². The standard InChI is InChI=1S/C22H27ClN2O4/c1-15-7-8-19(28-3)18(11-15)24-21(26)14-25-10-9-22(2,27)20(13-25)29-17-6-4-5-16(23)12-17/h4-8,11-12,20,27H,9-10,13-14H2,1-3H3,(H,24,26)/t20-,22-/m0/s1. The molecule has 1 heterocycles. The van der Waals surface area contributed by atoms with Crippen molar-refractivity contribution in [2.45, 2.75) is 32.0 Å². The summed E-state index contributed by atoms with van der Waals surface area (Å²) in [5.74, 6) is 1.07. The van der Waals surface area contributed by atoms with E-state index >= 15 is 0 Å². The molecule has 0 aliphatic carbocycles. The van der Waals surface area contributed by atoms with Gasteiger partial charge in [0.1, 0.15) is 23.2 Å². The summed E-state index contributed by atoms with van der Waals surface area (Å²) in [5.41, 5.74) is 0.688. The third-order valence-electron chi connectivity index (χ3n) is 5.12. The van der Waals surface area contributed by atoms with Crippen LogP contribution in [-0.4, -0.2) is 54.4 Å². The first-order chi connectivity index (χ1) is 13.8. The highest BCUT2D eigenvalue weighted by atomic mass is 35.5. The van der Waals surface area contributed by atoms with Gasteiger partial charge in [-0.3, -0.25) is 9.69 Å². The Morgan fingerprint density at radius 2 is 2.14 bits per heavy atom. The molecule has 1 aliphatic heterocycles. The van der Waals surface area contributed by atoms with Crippen LogP contribution >= 0.6 is 11.6 Å². The zero-order valence-electron chi connectivity index (χ0n) is 16.9. The van der Waals surface area contributed by atoms with Crippen LogP contribution in [0.25, 0.3) is 0 Å². The number of aliphatic hydroxyl groups is 1. The van der Waals surface area contributed by atoms with Gasteiger partial charge in [0.15, 0.2) is 0 Å². The number of hydrogen-bond donors (Lipinski definition) is 2. The summed E-state index contributed by atoms with van der Waals surface area (Å²) < 4.78 is 11.3. The van der Waals surface area contributed by atoms with E-state index in [4.69, 9.17) is 21.1 Å². The number of hydrogen-bond acceptors (Lipinski definition) is 5. The molecule has 0 bridgehead atoms. The summed E-state index contributed by atoms with van der Waals surface area (Å²) in [4.78, 5) is 14.6. The number of methoxy groups -OCH3 is 1. The summed E-state index contributed by atoms with van der Waals surface area (Å²) in [6.07, 6.45) is 0.0234. The highest BCUT2D eigenvalue weighted by Crippen LogP contribution is 2.28. The maximum atomic E-state index is 12.6. The van der Waals surface area contributed by atoms with E-state index in [0.29, 0.717) is 41.7 Å². The first-order valence-electron chi connectivity index (χ1n) is 9.58. The molecule has 2 aromatic rings. The first kappa shape index (κ1) is 21.4. The first-order valence-corrected chi connectivity index (χ1v) is 9.96. The number of halogens is 1. The van der Waals surface area contributed by atoms with Crippen LogP contribution in [0.2, 0.25) is 5.02 Å². The molecule has 0 unspecified atom stereocenters. The van der Waals surface area contributed by atoms with E-state index in [0.717, 1.165) is 5.56 Å². The minimum atomic E-state index is -0.991. The molecular weight excluding hydrogens is 392 g/mol. The lowest BCUT2D eigenvalue weighted by Gasteiger charge is -2.42. The molecule has 1 fully saturated rings. The van der Waals surface area contributed by atoms with E-state index in [2.05, 4.69) is 5.32 Å². The van der Waals surface area contributed by atoms with Gasteiger partial charge in [0, 0.05) is 18.1 Å². The summed E-state index contributed by atoms with van der Waals surface area (Å²) in [6, 6.07) is 12.7. The van der Waals surface area contributed by atoms with Gasteiger partial charge in [-0.05, 0) is 56.2 Å². The van der Waals surface area contributed by atoms with E-state index in [1.54, 1.807) is 38.3 Å². The molecular formula is C22H27ClN2O4. The Morgan fingerprint density at radius 3 is 2.86 bits per heavy atom.